The first-order valence-electron chi connectivity index (χ1n) is 4.17. The topological polar surface area (TPSA) is 25.8 Å². The van der Waals surface area contributed by atoms with Gasteiger partial charge in [0.05, 0.1) is 5.69 Å². The Morgan fingerprint density at radius 1 is 1.58 bits per heavy atom. The summed E-state index contributed by atoms with van der Waals surface area (Å²) in [5, 5.41) is 7.92. The largest absolute Gasteiger partial charge is 0.159 e. The lowest BCUT2D eigenvalue weighted by Crippen LogP contribution is -2.09. The predicted octanol–water partition coefficient (Wildman–Crippen LogP) is 2.75. The summed E-state index contributed by atoms with van der Waals surface area (Å²) in [6.45, 7) is 4.32. The molecule has 66 valence electrons. The van der Waals surface area contributed by atoms with Gasteiger partial charge in [-0.25, -0.2) is 0 Å². The Labute approximate surface area is 81.5 Å². The van der Waals surface area contributed by atoms with E-state index in [1.54, 1.807) is 6.20 Å². The molecule has 0 amide bonds. The number of aromatic nitrogens is 2. The molecule has 1 aromatic heterocycles. The van der Waals surface area contributed by atoms with Crippen molar-refractivity contribution >= 4 is 15.9 Å². The summed E-state index contributed by atoms with van der Waals surface area (Å²) in [6, 6.07) is 3.94. The highest BCUT2D eigenvalue weighted by Crippen LogP contribution is 2.24. The van der Waals surface area contributed by atoms with Crippen LogP contribution in [-0.2, 0) is 0 Å². The van der Waals surface area contributed by atoms with E-state index in [4.69, 9.17) is 0 Å². The Kier molecular flexibility index (Phi) is 3.66. The second-order valence-electron chi connectivity index (χ2n) is 2.86. The fourth-order valence-corrected chi connectivity index (χ4v) is 1.37. The van der Waals surface area contributed by atoms with Gasteiger partial charge in [0, 0.05) is 16.9 Å². The van der Waals surface area contributed by atoms with Gasteiger partial charge in [0.25, 0.3) is 0 Å². The van der Waals surface area contributed by atoms with Gasteiger partial charge < -0.3 is 0 Å². The summed E-state index contributed by atoms with van der Waals surface area (Å²) in [4.78, 5) is 0.495. The van der Waals surface area contributed by atoms with Gasteiger partial charge in [0.2, 0.25) is 0 Å². The molecular weight excluding hydrogens is 216 g/mol. The highest BCUT2D eigenvalue weighted by atomic mass is 79.9. The molecule has 2 nitrogen and oxygen atoms in total. The molecule has 0 aromatic carbocycles. The lowest BCUT2D eigenvalue weighted by Gasteiger charge is -2.14. The van der Waals surface area contributed by atoms with Gasteiger partial charge in [-0.1, -0.05) is 29.8 Å². The number of halogens is 1. The van der Waals surface area contributed by atoms with Gasteiger partial charge in [-0.3, -0.25) is 0 Å². The van der Waals surface area contributed by atoms with Crippen LogP contribution in [0.25, 0.3) is 0 Å². The van der Waals surface area contributed by atoms with Crippen molar-refractivity contribution in [1.82, 2.24) is 10.2 Å². The van der Waals surface area contributed by atoms with E-state index in [0.29, 0.717) is 10.7 Å². The van der Waals surface area contributed by atoms with E-state index in [-0.39, 0.29) is 0 Å². The molecule has 1 aromatic rings. The minimum atomic E-state index is 0.434. The standard InChI is InChI=1S/C9H13BrN2/c1-3-8(10)7(2)9-5-4-6-11-12-9/h4-8H,3H2,1-2H3. The highest BCUT2D eigenvalue weighted by Gasteiger charge is 2.14. The van der Waals surface area contributed by atoms with Crippen molar-refractivity contribution in [2.24, 2.45) is 0 Å². The Bertz CT molecular complexity index is 225. The number of hydrogen-bond acceptors (Lipinski definition) is 2. The summed E-state index contributed by atoms with van der Waals surface area (Å²) in [5.41, 5.74) is 1.06. The van der Waals surface area contributed by atoms with E-state index in [1.807, 2.05) is 12.1 Å². The molecule has 0 N–H and O–H groups in total. The fourth-order valence-electron chi connectivity index (χ4n) is 1.10. The van der Waals surface area contributed by atoms with Gasteiger partial charge in [-0.15, -0.1) is 0 Å². The molecular formula is C9H13BrN2. The summed E-state index contributed by atoms with van der Waals surface area (Å²) >= 11 is 3.61. The van der Waals surface area contributed by atoms with Gasteiger partial charge in [-0.2, -0.15) is 10.2 Å². The Morgan fingerprint density at radius 2 is 2.33 bits per heavy atom. The lowest BCUT2D eigenvalue weighted by molar-refractivity contribution is 0.662. The highest BCUT2D eigenvalue weighted by molar-refractivity contribution is 9.09. The fraction of sp³-hybridized carbons (Fsp3) is 0.556. The maximum atomic E-state index is 4.07. The molecule has 0 saturated heterocycles. The number of alkyl halides is 1. The van der Waals surface area contributed by atoms with Crippen LogP contribution in [0.5, 0.6) is 0 Å². The first-order chi connectivity index (χ1) is 5.75. The van der Waals surface area contributed by atoms with Crippen molar-refractivity contribution in [2.75, 3.05) is 0 Å². The summed E-state index contributed by atoms with van der Waals surface area (Å²) in [5.74, 6) is 0.434. The normalized spacial score (nSPS) is 15.6. The first-order valence-corrected chi connectivity index (χ1v) is 5.09. The number of hydrogen-bond donors (Lipinski definition) is 0. The van der Waals surface area contributed by atoms with Gasteiger partial charge in [0.1, 0.15) is 0 Å². The minimum Gasteiger partial charge on any atom is -0.159 e. The number of nitrogens with zero attached hydrogens (tertiary/aromatic N) is 2. The maximum absolute atomic E-state index is 4.07. The van der Waals surface area contributed by atoms with Crippen molar-refractivity contribution in [3.8, 4) is 0 Å². The molecule has 0 spiro atoms. The second kappa shape index (κ2) is 4.55. The molecule has 0 radical (unpaired) electrons. The SMILES string of the molecule is CCC(Br)C(C)c1cccnn1. The third-order valence-corrected chi connectivity index (χ3v) is 3.43. The number of rotatable bonds is 3. The lowest BCUT2D eigenvalue weighted by atomic mass is 10.0. The van der Waals surface area contributed by atoms with Crippen LogP contribution in [0.1, 0.15) is 31.9 Å². The zero-order valence-electron chi connectivity index (χ0n) is 7.37. The van der Waals surface area contributed by atoms with Gasteiger partial charge >= 0.3 is 0 Å². The van der Waals surface area contributed by atoms with Crippen LogP contribution in [0.2, 0.25) is 0 Å². The smallest absolute Gasteiger partial charge is 0.0670 e. The van der Waals surface area contributed by atoms with Crippen LogP contribution in [0.3, 0.4) is 0 Å². The predicted molar refractivity (Wildman–Crippen MR) is 53.5 cm³/mol. The van der Waals surface area contributed by atoms with E-state index in [9.17, 15) is 0 Å². The minimum absolute atomic E-state index is 0.434. The van der Waals surface area contributed by atoms with Crippen LogP contribution in [0, 0.1) is 0 Å². The molecule has 0 aliphatic rings. The molecule has 0 aliphatic heterocycles. The van der Waals surface area contributed by atoms with Crippen LogP contribution < -0.4 is 0 Å². The van der Waals surface area contributed by atoms with Crippen LogP contribution in [0.15, 0.2) is 18.3 Å². The zero-order valence-corrected chi connectivity index (χ0v) is 8.95. The van der Waals surface area contributed by atoms with Gasteiger partial charge in [-0.05, 0) is 18.6 Å². The molecule has 2 atom stereocenters. The van der Waals surface area contributed by atoms with Crippen molar-refractivity contribution in [1.29, 1.82) is 0 Å². The van der Waals surface area contributed by atoms with E-state index in [0.717, 1.165) is 12.1 Å². The van der Waals surface area contributed by atoms with Crippen molar-refractivity contribution in [3.05, 3.63) is 24.0 Å². The van der Waals surface area contributed by atoms with E-state index >= 15 is 0 Å². The van der Waals surface area contributed by atoms with Crippen LogP contribution in [-0.4, -0.2) is 15.0 Å². The molecule has 0 aliphatic carbocycles. The Morgan fingerprint density at radius 3 is 2.83 bits per heavy atom. The maximum Gasteiger partial charge on any atom is 0.0670 e. The average Bonchev–Trinajstić information content (AvgIpc) is 2.17. The molecule has 1 heterocycles. The Balaban J connectivity index is 2.71. The van der Waals surface area contributed by atoms with Crippen molar-refractivity contribution in [2.45, 2.75) is 31.0 Å². The van der Waals surface area contributed by atoms with Crippen LogP contribution >= 0.6 is 15.9 Å². The van der Waals surface area contributed by atoms with Crippen LogP contribution in [0.4, 0.5) is 0 Å². The zero-order chi connectivity index (χ0) is 8.97. The summed E-state index contributed by atoms with van der Waals surface area (Å²) < 4.78 is 0. The monoisotopic (exact) mass is 228 g/mol. The quantitative estimate of drug-likeness (QED) is 0.744. The molecule has 12 heavy (non-hydrogen) atoms. The summed E-state index contributed by atoms with van der Waals surface area (Å²) in [7, 11) is 0. The molecule has 0 fully saturated rings. The second-order valence-corrected chi connectivity index (χ2v) is 4.04. The average molecular weight is 229 g/mol. The molecule has 3 heteroatoms. The molecule has 1 rings (SSSR count). The first kappa shape index (κ1) is 9.65. The van der Waals surface area contributed by atoms with Crippen molar-refractivity contribution < 1.29 is 0 Å². The van der Waals surface area contributed by atoms with E-state index in [2.05, 4.69) is 40.0 Å². The van der Waals surface area contributed by atoms with E-state index in [1.165, 1.54) is 0 Å². The van der Waals surface area contributed by atoms with Crippen molar-refractivity contribution in [3.63, 3.8) is 0 Å². The summed E-state index contributed by atoms with van der Waals surface area (Å²) in [6.07, 6.45) is 2.81. The molecule has 0 bridgehead atoms. The molecule has 0 saturated carbocycles. The molecule has 2 unspecified atom stereocenters. The third-order valence-electron chi connectivity index (χ3n) is 1.99. The van der Waals surface area contributed by atoms with E-state index < -0.39 is 0 Å². The third kappa shape index (κ3) is 2.27. The van der Waals surface area contributed by atoms with Gasteiger partial charge in [0.15, 0.2) is 0 Å². The Hall–Kier alpha value is -0.440.